The monoisotopic (exact) mass is 262 g/mol. The molecule has 0 saturated heterocycles. The van der Waals surface area contributed by atoms with E-state index in [4.69, 9.17) is 5.73 Å². The van der Waals surface area contributed by atoms with E-state index >= 15 is 0 Å². The number of alkyl halides is 1. The van der Waals surface area contributed by atoms with Crippen molar-refractivity contribution in [1.29, 1.82) is 0 Å². The van der Waals surface area contributed by atoms with Crippen molar-refractivity contribution in [2.75, 3.05) is 6.54 Å². The summed E-state index contributed by atoms with van der Waals surface area (Å²) in [6.45, 7) is 0.494. The van der Waals surface area contributed by atoms with Gasteiger partial charge < -0.3 is 11.1 Å². The molecule has 3 heteroatoms. The van der Waals surface area contributed by atoms with Gasteiger partial charge in [-0.2, -0.15) is 0 Å². The first kappa shape index (κ1) is 13.1. The maximum absolute atomic E-state index is 14.5. The van der Waals surface area contributed by atoms with Crippen LogP contribution in [0.2, 0.25) is 0 Å². The van der Waals surface area contributed by atoms with E-state index in [0.717, 1.165) is 19.3 Å². The summed E-state index contributed by atoms with van der Waals surface area (Å²) in [7, 11) is 0. The van der Waals surface area contributed by atoms with Crippen LogP contribution in [0.15, 0.2) is 30.3 Å². The second-order valence-corrected chi connectivity index (χ2v) is 6.23. The molecular formula is C16H23FN2. The van der Waals surface area contributed by atoms with Gasteiger partial charge in [-0.1, -0.05) is 30.3 Å². The molecule has 19 heavy (non-hydrogen) atoms. The molecule has 2 fully saturated rings. The quantitative estimate of drug-likeness (QED) is 0.875. The van der Waals surface area contributed by atoms with Crippen molar-refractivity contribution in [3.63, 3.8) is 0 Å². The Morgan fingerprint density at radius 1 is 1.21 bits per heavy atom. The third kappa shape index (κ3) is 3.15. The highest BCUT2D eigenvalue weighted by molar-refractivity contribution is 5.27. The Morgan fingerprint density at radius 3 is 2.58 bits per heavy atom. The average Bonchev–Trinajstić information content (AvgIpc) is 3.21. The summed E-state index contributed by atoms with van der Waals surface area (Å²) in [4.78, 5) is 0. The van der Waals surface area contributed by atoms with Crippen LogP contribution in [0, 0.1) is 0 Å². The smallest absolute Gasteiger partial charge is 0.123 e. The molecule has 2 aliphatic rings. The maximum atomic E-state index is 14.5. The average molecular weight is 262 g/mol. The summed E-state index contributed by atoms with van der Waals surface area (Å²) in [6, 6.07) is 11.2. The largest absolute Gasteiger partial charge is 0.328 e. The molecule has 0 amide bonds. The van der Waals surface area contributed by atoms with E-state index in [1.165, 1.54) is 5.56 Å². The Hall–Kier alpha value is -0.930. The van der Waals surface area contributed by atoms with Crippen molar-refractivity contribution < 1.29 is 4.39 Å². The van der Waals surface area contributed by atoms with Crippen molar-refractivity contribution in [3.05, 3.63) is 35.9 Å². The lowest BCUT2D eigenvalue weighted by molar-refractivity contribution is 0.0973. The Labute approximate surface area is 114 Å². The van der Waals surface area contributed by atoms with Gasteiger partial charge in [-0.05, 0) is 37.7 Å². The first-order chi connectivity index (χ1) is 9.16. The SMILES string of the molecule is NC1CCC(F)(CN[C@@H]2C[C@@H]2c2ccccc2)CC1. The first-order valence-corrected chi connectivity index (χ1v) is 7.39. The highest BCUT2D eigenvalue weighted by atomic mass is 19.1. The molecule has 0 aliphatic heterocycles. The van der Waals surface area contributed by atoms with Crippen LogP contribution in [-0.2, 0) is 0 Å². The number of hydrogen-bond acceptors (Lipinski definition) is 2. The fraction of sp³-hybridized carbons (Fsp3) is 0.625. The van der Waals surface area contributed by atoms with Crippen molar-refractivity contribution in [3.8, 4) is 0 Å². The molecule has 0 unspecified atom stereocenters. The number of rotatable bonds is 4. The van der Waals surface area contributed by atoms with Gasteiger partial charge in [-0.3, -0.25) is 0 Å². The number of nitrogens with one attached hydrogen (secondary N) is 1. The molecule has 2 nitrogen and oxygen atoms in total. The summed E-state index contributed by atoms with van der Waals surface area (Å²) in [5.41, 5.74) is 6.18. The minimum atomic E-state index is -1.03. The highest BCUT2D eigenvalue weighted by Gasteiger charge is 2.41. The molecule has 3 rings (SSSR count). The van der Waals surface area contributed by atoms with Crippen LogP contribution in [0.1, 0.15) is 43.6 Å². The molecular weight excluding hydrogens is 239 g/mol. The summed E-state index contributed by atoms with van der Waals surface area (Å²) in [5, 5.41) is 3.41. The molecule has 3 N–H and O–H groups in total. The van der Waals surface area contributed by atoms with Gasteiger partial charge in [0.1, 0.15) is 5.67 Å². The Kier molecular flexibility index (Phi) is 3.59. The summed E-state index contributed by atoms with van der Waals surface area (Å²) < 4.78 is 14.5. The molecule has 0 heterocycles. The van der Waals surface area contributed by atoms with E-state index in [9.17, 15) is 4.39 Å². The van der Waals surface area contributed by atoms with E-state index < -0.39 is 5.67 Å². The summed E-state index contributed by atoms with van der Waals surface area (Å²) in [6.07, 6.45) is 4.02. The van der Waals surface area contributed by atoms with Crippen molar-refractivity contribution >= 4 is 0 Å². The van der Waals surface area contributed by atoms with Crippen LogP contribution in [0.25, 0.3) is 0 Å². The first-order valence-electron chi connectivity index (χ1n) is 7.39. The van der Waals surface area contributed by atoms with Crippen molar-refractivity contribution in [2.24, 2.45) is 5.73 Å². The minimum Gasteiger partial charge on any atom is -0.328 e. The van der Waals surface area contributed by atoms with Gasteiger partial charge in [0.05, 0.1) is 0 Å². The van der Waals surface area contributed by atoms with Gasteiger partial charge in [0.15, 0.2) is 0 Å². The minimum absolute atomic E-state index is 0.210. The molecule has 2 aliphatic carbocycles. The molecule has 2 atom stereocenters. The molecule has 1 aromatic rings. The standard InChI is InChI=1S/C16H23FN2/c17-16(8-6-13(18)7-9-16)11-19-15-10-14(15)12-4-2-1-3-5-12/h1-5,13-15,19H,6-11,18H2/t13?,14-,15-,16?/m1/s1. The molecule has 1 aromatic carbocycles. The maximum Gasteiger partial charge on any atom is 0.123 e. The van der Waals surface area contributed by atoms with Gasteiger partial charge in [0.2, 0.25) is 0 Å². The number of nitrogens with two attached hydrogens (primary N) is 1. The van der Waals surface area contributed by atoms with E-state index in [-0.39, 0.29) is 6.04 Å². The molecule has 2 saturated carbocycles. The van der Waals surface area contributed by atoms with Crippen LogP contribution >= 0.6 is 0 Å². The Balaban J connectivity index is 1.47. The number of benzene rings is 1. The van der Waals surface area contributed by atoms with E-state index in [1.807, 2.05) is 6.07 Å². The molecule has 0 bridgehead atoms. The second kappa shape index (κ2) is 5.22. The van der Waals surface area contributed by atoms with E-state index in [2.05, 4.69) is 29.6 Å². The summed E-state index contributed by atoms with van der Waals surface area (Å²) in [5.74, 6) is 0.579. The van der Waals surface area contributed by atoms with Gasteiger partial charge in [-0.15, -0.1) is 0 Å². The molecule has 0 aromatic heterocycles. The van der Waals surface area contributed by atoms with Gasteiger partial charge in [0, 0.05) is 24.5 Å². The fourth-order valence-electron chi connectivity index (χ4n) is 3.14. The van der Waals surface area contributed by atoms with Crippen LogP contribution in [-0.4, -0.2) is 24.3 Å². The fourth-order valence-corrected chi connectivity index (χ4v) is 3.14. The predicted octanol–water partition coefficient (Wildman–Crippen LogP) is 2.74. The zero-order valence-corrected chi connectivity index (χ0v) is 11.3. The lowest BCUT2D eigenvalue weighted by atomic mass is 9.84. The van der Waals surface area contributed by atoms with Gasteiger partial charge in [-0.25, -0.2) is 4.39 Å². The number of halogens is 1. The zero-order valence-electron chi connectivity index (χ0n) is 11.3. The van der Waals surface area contributed by atoms with Crippen LogP contribution in [0.4, 0.5) is 4.39 Å². The third-order valence-electron chi connectivity index (χ3n) is 4.63. The third-order valence-corrected chi connectivity index (χ3v) is 4.63. The van der Waals surface area contributed by atoms with Crippen molar-refractivity contribution in [1.82, 2.24) is 5.32 Å². The Morgan fingerprint density at radius 2 is 1.89 bits per heavy atom. The molecule has 0 spiro atoms. The van der Waals surface area contributed by atoms with Crippen molar-refractivity contribution in [2.45, 2.75) is 55.8 Å². The number of hydrogen-bond donors (Lipinski definition) is 2. The lowest BCUT2D eigenvalue weighted by Gasteiger charge is -2.32. The molecule has 104 valence electrons. The van der Waals surface area contributed by atoms with Gasteiger partial charge >= 0.3 is 0 Å². The summed E-state index contributed by atoms with van der Waals surface area (Å²) >= 11 is 0. The Bertz CT molecular complexity index is 412. The topological polar surface area (TPSA) is 38.0 Å². The van der Waals surface area contributed by atoms with Gasteiger partial charge in [0.25, 0.3) is 0 Å². The second-order valence-electron chi connectivity index (χ2n) is 6.23. The van der Waals surface area contributed by atoms with Crippen LogP contribution in [0.5, 0.6) is 0 Å². The van der Waals surface area contributed by atoms with Crippen LogP contribution in [0.3, 0.4) is 0 Å². The van der Waals surface area contributed by atoms with E-state index in [0.29, 0.717) is 31.3 Å². The zero-order chi connectivity index (χ0) is 13.3. The predicted molar refractivity (Wildman–Crippen MR) is 75.9 cm³/mol. The van der Waals surface area contributed by atoms with Crippen LogP contribution < -0.4 is 11.1 Å². The highest BCUT2D eigenvalue weighted by Crippen LogP contribution is 2.41. The molecule has 0 radical (unpaired) electrons. The normalized spacial score (nSPS) is 38.1. The van der Waals surface area contributed by atoms with E-state index in [1.54, 1.807) is 0 Å². The lowest BCUT2D eigenvalue weighted by Crippen LogP contribution is -2.43.